The summed E-state index contributed by atoms with van der Waals surface area (Å²) in [4.78, 5) is 3.94. The van der Waals surface area contributed by atoms with E-state index >= 15 is 0 Å². The summed E-state index contributed by atoms with van der Waals surface area (Å²) in [5, 5.41) is 21.6. The molecule has 0 radical (unpaired) electrons. The molecule has 2 rings (SSSR count). The molecule has 0 unspecified atom stereocenters. The number of phenolic OH excluding ortho intramolecular Hbond substituents is 1. The topological polar surface area (TPSA) is 79.4 Å². The van der Waals surface area contributed by atoms with Crippen molar-refractivity contribution in [3.05, 3.63) is 41.5 Å². The average molecular weight is 206 g/mol. The first-order valence-corrected chi connectivity index (χ1v) is 4.48. The van der Waals surface area contributed by atoms with Crippen molar-refractivity contribution in [3.63, 3.8) is 0 Å². The van der Waals surface area contributed by atoms with Crippen molar-refractivity contribution < 1.29 is 14.7 Å². The van der Waals surface area contributed by atoms with E-state index < -0.39 is 0 Å². The number of nitrogens with zero attached hydrogens (tertiary/aromatic N) is 2. The van der Waals surface area contributed by atoms with Gasteiger partial charge in [-0.15, -0.1) is 0 Å². The third kappa shape index (κ3) is 2.32. The summed E-state index contributed by atoms with van der Waals surface area (Å²) < 4.78 is 4.74. The lowest BCUT2D eigenvalue weighted by Gasteiger charge is -1.96. The van der Waals surface area contributed by atoms with Crippen molar-refractivity contribution in [2.45, 2.75) is 13.0 Å². The van der Waals surface area contributed by atoms with E-state index in [9.17, 15) is 5.11 Å². The minimum Gasteiger partial charge on any atom is -0.508 e. The highest BCUT2D eigenvalue weighted by atomic mass is 16.5. The van der Waals surface area contributed by atoms with Crippen LogP contribution in [0, 0.1) is 0 Å². The van der Waals surface area contributed by atoms with Crippen LogP contribution in [-0.4, -0.2) is 20.4 Å². The molecule has 0 atom stereocenters. The fourth-order valence-electron chi connectivity index (χ4n) is 1.28. The smallest absolute Gasteiger partial charge is 0.252 e. The van der Waals surface area contributed by atoms with Gasteiger partial charge in [-0.1, -0.05) is 17.3 Å². The molecule has 2 N–H and O–H groups in total. The van der Waals surface area contributed by atoms with Crippen LogP contribution in [0.3, 0.4) is 0 Å². The number of aromatic hydroxyl groups is 1. The summed E-state index contributed by atoms with van der Waals surface area (Å²) in [7, 11) is 0. The average Bonchev–Trinajstić information content (AvgIpc) is 2.65. The number of aromatic nitrogens is 2. The van der Waals surface area contributed by atoms with Crippen LogP contribution in [0.1, 0.15) is 17.3 Å². The van der Waals surface area contributed by atoms with Gasteiger partial charge in [0, 0.05) is 6.42 Å². The second-order valence-corrected chi connectivity index (χ2v) is 3.11. The summed E-state index contributed by atoms with van der Waals surface area (Å²) in [5.41, 5.74) is 0.889. The maximum absolute atomic E-state index is 9.24. The third-order valence-electron chi connectivity index (χ3n) is 1.92. The second kappa shape index (κ2) is 4.10. The number of rotatable bonds is 3. The Morgan fingerprint density at radius 1 is 1.33 bits per heavy atom. The number of hydrogen-bond acceptors (Lipinski definition) is 5. The van der Waals surface area contributed by atoms with Crippen molar-refractivity contribution >= 4 is 0 Å². The van der Waals surface area contributed by atoms with E-state index in [1.165, 1.54) is 0 Å². The lowest BCUT2D eigenvalue weighted by Crippen LogP contribution is -1.91. The monoisotopic (exact) mass is 206 g/mol. The molecule has 1 aromatic heterocycles. The molecule has 0 amide bonds. The molecule has 0 aliphatic rings. The molecule has 5 heteroatoms. The van der Waals surface area contributed by atoms with Crippen LogP contribution in [0.4, 0.5) is 0 Å². The van der Waals surface area contributed by atoms with Gasteiger partial charge in [-0.25, -0.2) is 0 Å². The normalized spacial score (nSPS) is 10.5. The number of phenols is 1. The Hall–Kier alpha value is -1.88. The minimum absolute atomic E-state index is 0.199. The lowest BCUT2D eigenvalue weighted by atomic mass is 10.1. The zero-order chi connectivity index (χ0) is 10.7. The van der Waals surface area contributed by atoms with E-state index in [1.807, 2.05) is 6.07 Å². The number of benzene rings is 1. The van der Waals surface area contributed by atoms with E-state index in [0.717, 1.165) is 5.56 Å². The maximum atomic E-state index is 9.24. The van der Waals surface area contributed by atoms with Gasteiger partial charge in [0.05, 0.1) is 0 Å². The Balaban J connectivity index is 2.14. The number of aliphatic hydroxyl groups is 1. The maximum Gasteiger partial charge on any atom is 0.252 e. The van der Waals surface area contributed by atoms with Gasteiger partial charge < -0.3 is 14.7 Å². The lowest BCUT2D eigenvalue weighted by molar-refractivity contribution is 0.222. The number of aliphatic hydroxyl groups excluding tert-OH is 1. The summed E-state index contributed by atoms with van der Waals surface area (Å²) in [6, 6.07) is 6.83. The fraction of sp³-hybridized carbons (Fsp3) is 0.200. The van der Waals surface area contributed by atoms with Crippen LogP contribution >= 0.6 is 0 Å². The highest BCUT2D eigenvalue weighted by Crippen LogP contribution is 2.13. The summed E-state index contributed by atoms with van der Waals surface area (Å²) in [6.07, 6.45) is 0.470. The quantitative estimate of drug-likeness (QED) is 0.778. The SMILES string of the molecule is OCc1nc(Cc2cccc(O)c2)no1. The molecule has 0 aliphatic heterocycles. The third-order valence-corrected chi connectivity index (χ3v) is 1.92. The van der Waals surface area contributed by atoms with Crippen molar-refractivity contribution in [2.75, 3.05) is 0 Å². The minimum atomic E-state index is -0.257. The van der Waals surface area contributed by atoms with Gasteiger partial charge in [0.25, 0.3) is 5.89 Å². The molecule has 1 heterocycles. The largest absolute Gasteiger partial charge is 0.508 e. The molecule has 0 bridgehead atoms. The van der Waals surface area contributed by atoms with Crippen molar-refractivity contribution in [1.29, 1.82) is 0 Å². The molecule has 0 aliphatic carbocycles. The van der Waals surface area contributed by atoms with E-state index in [4.69, 9.17) is 9.63 Å². The Kier molecular flexibility index (Phi) is 2.64. The van der Waals surface area contributed by atoms with Gasteiger partial charge in [0.1, 0.15) is 12.4 Å². The summed E-state index contributed by atoms with van der Waals surface area (Å²) in [6.45, 7) is -0.257. The van der Waals surface area contributed by atoms with Crippen LogP contribution in [-0.2, 0) is 13.0 Å². The predicted octanol–water partition coefficient (Wildman–Crippen LogP) is 0.858. The first-order chi connectivity index (χ1) is 7.28. The van der Waals surface area contributed by atoms with Crippen LogP contribution in [0.5, 0.6) is 5.75 Å². The highest BCUT2D eigenvalue weighted by Gasteiger charge is 2.05. The predicted molar refractivity (Wildman–Crippen MR) is 51.1 cm³/mol. The Bertz CT molecular complexity index is 453. The van der Waals surface area contributed by atoms with Crippen molar-refractivity contribution in [3.8, 4) is 5.75 Å². The van der Waals surface area contributed by atoms with Crippen molar-refractivity contribution in [2.24, 2.45) is 0 Å². The molecule has 0 spiro atoms. The van der Waals surface area contributed by atoms with Crippen LogP contribution < -0.4 is 0 Å². The summed E-state index contributed by atoms with van der Waals surface area (Å²) >= 11 is 0. The molecule has 78 valence electrons. The Morgan fingerprint density at radius 2 is 2.20 bits per heavy atom. The van der Waals surface area contributed by atoms with Gasteiger partial charge >= 0.3 is 0 Å². The first-order valence-electron chi connectivity index (χ1n) is 4.48. The van der Waals surface area contributed by atoms with E-state index in [2.05, 4.69) is 10.1 Å². The van der Waals surface area contributed by atoms with E-state index in [1.54, 1.807) is 18.2 Å². The molecular weight excluding hydrogens is 196 g/mol. The standard InChI is InChI=1S/C10H10N2O3/c13-6-10-11-9(12-15-10)5-7-2-1-3-8(14)4-7/h1-4,13-14H,5-6H2. The molecule has 5 nitrogen and oxygen atoms in total. The molecule has 1 aromatic carbocycles. The number of hydrogen-bond donors (Lipinski definition) is 2. The molecule has 0 saturated heterocycles. The van der Waals surface area contributed by atoms with Crippen LogP contribution in [0.15, 0.2) is 28.8 Å². The van der Waals surface area contributed by atoms with E-state index in [0.29, 0.717) is 12.2 Å². The van der Waals surface area contributed by atoms with Gasteiger partial charge in [-0.3, -0.25) is 0 Å². The highest BCUT2D eigenvalue weighted by molar-refractivity contribution is 5.28. The molecule has 15 heavy (non-hydrogen) atoms. The van der Waals surface area contributed by atoms with Crippen molar-refractivity contribution in [1.82, 2.24) is 10.1 Å². The first kappa shape index (κ1) is 9.67. The zero-order valence-electron chi connectivity index (χ0n) is 7.92. The fourth-order valence-corrected chi connectivity index (χ4v) is 1.28. The van der Waals surface area contributed by atoms with Gasteiger partial charge in [-0.2, -0.15) is 4.98 Å². The summed E-state index contributed by atoms with van der Waals surface area (Å²) in [5.74, 6) is 0.896. The molecule has 0 saturated carbocycles. The zero-order valence-corrected chi connectivity index (χ0v) is 7.92. The van der Waals surface area contributed by atoms with Gasteiger partial charge in [-0.05, 0) is 17.7 Å². The van der Waals surface area contributed by atoms with Gasteiger partial charge in [0.15, 0.2) is 5.82 Å². The molecule has 0 fully saturated rings. The second-order valence-electron chi connectivity index (χ2n) is 3.11. The van der Waals surface area contributed by atoms with Gasteiger partial charge in [0.2, 0.25) is 0 Å². The Labute approximate surface area is 86.0 Å². The van der Waals surface area contributed by atoms with Crippen LogP contribution in [0.25, 0.3) is 0 Å². The van der Waals surface area contributed by atoms with E-state index in [-0.39, 0.29) is 18.2 Å². The van der Waals surface area contributed by atoms with Crippen LogP contribution in [0.2, 0.25) is 0 Å². The molecule has 2 aromatic rings. The Morgan fingerprint density at radius 3 is 2.87 bits per heavy atom. The molecular formula is C10H10N2O3.